The second-order valence-electron chi connectivity index (χ2n) is 9.77. The SMILES string of the molecule is COc1ccc(CCNC(=O)c2ccc3c(c2)N(Cc2cccc(C)c2)C(=O)/C(=C/c2ccccc2)S3)c(OC)c1. The summed E-state index contributed by atoms with van der Waals surface area (Å²) in [7, 11) is 3.23. The normalized spacial score (nSPS) is 13.6. The number of nitrogens with one attached hydrogen (secondary N) is 1. The molecule has 0 spiro atoms. The van der Waals surface area contributed by atoms with Gasteiger partial charge in [-0.25, -0.2) is 0 Å². The molecule has 41 heavy (non-hydrogen) atoms. The van der Waals surface area contributed by atoms with E-state index < -0.39 is 0 Å². The zero-order valence-electron chi connectivity index (χ0n) is 23.3. The Hall–Kier alpha value is -4.49. The fourth-order valence-corrected chi connectivity index (χ4v) is 5.81. The lowest BCUT2D eigenvalue weighted by Crippen LogP contribution is -2.34. The van der Waals surface area contributed by atoms with Gasteiger partial charge in [0.15, 0.2) is 0 Å². The minimum atomic E-state index is -0.196. The lowest BCUT2D eigenvalue weighted by atomic mass is 10.1. The highest BCUT2D eigenvalue weighted by molar-refractivity contribution is 8.04. The third kappa shape index (κ3) is 6.64. The highest BCUT2D eigenvalue weighted by Gasteiger charge is 2.30. The number of carbonyl (C=O) groups excluding carboxylic acids is 2. The van der Waals surface area contributed by atoms with Gasteiger partial charge in [0.2, 0.25) is 0 Å². The first-order valence-corrected chi connectivity index (χ1v) is 14.2. The molecule has 208 valence electrons. The van der Waals surface area contributed by atoms with E-state index in [-0.39, 0.29) is 11.8 Å². The number of amides is 2. The fraction of sp³-hybridized carbons (Fsp3) is 0.176. The summed E-state index contributed by atoms with van der Waals surface area (Å²) >= 11 is 1.43. The minimum absolute atomic E-state index is 0.0861. The first kappa shape index (κ1) is 28.1. The molecule has 0 bridgehead atoms. The van der Waals surface area contributed by atoms with Crippen molar-refractivity contribution in [3.05, 3.63) is 124 Å². The molecule has 4 aromatic rings. The Morgan fingerprint density at radius 3 is 2.51 bits per heavy atom. The summed E-state index contributed by atoms with van der Waals surface area (Å²) < 4.78 is 10.7. The molecule has 0 radical (unpaired) electrons. The van der Waals surface area contributed by atoms with Crippen LogP contribution in [0, 0.1) is 6.92 Å². The number of aryl methyl sites for hydroxylation is 1. The van der Waals surface area contributed by atoms with E-state index in [9.17, 15) is 9.59 Å². The van der Waals surface area contributed by atoms with Crippen LogP contribution in [0.15, 0.2) is 101 Å². The summed E-state index contributed by atoms with van der Waals surface area (Å²) in [5.41, 5.74) is 5.33. The van der Waals surface area contributed by atoms with E-state index in [0.29, 0.717) is 41.5 Å². The van der Waals surface area contributed by atoms with Crippen molar-refractivity contribution in [1.29, 1.82) is 0 Å². The highest BCUT2D eigenvalue weighted by Crippen LogP contribution is 2.43. The summed E-state index contributed by atoms with van der Waals surface area (Å²) in [6.45, 7) is 2.88. The zero-order valence-corrected chi connectivity index (χ0v) is 24.2. The number of methoxy groups -OCH3 is 2. The van der Waals surface area contributed by atoms with Crippen LogP contribution in [0.3, 0.4) is 0 Å². The van der Waals surface area contributed by atoms with Crippen LogP contribution >= 0.6 is 11.8 Å². The van der Waals surface area contributed by atoms with Gasteiger partial charge in [-0.3, -0.25) is 9.59 Å². The number of benzene rings is 4. The molecular formula is C34H32N2O4S. The number of hydrogen-bond donors (Lipinski definition) is 1. The molecular weight excluding hydrogens is 532 g/mol. The quantitative estimate of drug-likeness (QED) is 0.230. The third-order valence-electron chi connectivity index (χ3n) is 6.88. The molecule has 1 aliphatic rings. The van der Waals surface area contributed by atoms with Gasteiger partial charge in [0.1, 0.15) is 11.5 Å². The van der Waals surface area contributed by atoms with Gasteiger partial charge in [-0.1, -0.05) is 78.0 Å². The van der Waals surface area contributed by atoms with Crippen LogP contribution in [0.2, 0.25) is 0 Å². The molecule has 1 heterocycles. The van der Waals surface area contributed by atoms with Crippen LogP contribution in [0.4, 0.5) is 5.69 Å². The van der Waals surface area contributed by atoms with E-state index in [1.807, 2.05) is 97.9 Å². The molecule has 2 amide bonds. The predicted molar refractivity (Wildman–Crippen MR) is 165 cm³/mol. The topological polar surface area (TPSA) is 67.9 Å². The number of fused-ring (bicyclic) bond motifs is 1. The van der Waals surface area contributed by atoms with Crippen molar-refractivity contribution in [1.82, 2.24) is 5.32 Å². The third-order valence-corrected chi connectivity index (χ3v) is 7.96. The van der Waals surface area contributed by atoms with Crippen LogP contribution in [-0.4, -0.2) is 32.6 Å². The molecule has 0 atom stereocenters. The minimum Gasteiger partial charge on any atom is -0.497 e. The molecule has 0 aromatic heterocycles. The van der Waals surface area contributed by atoms with Gasteiger partial charge in [0.25, 0.3) is 11.8 Å². The number of thioether (sulfide) groups is 1. The highest BCUT2D eigenvalue weighted by atomic mass is 32.2. The van der Waals surface area contributed by atoms with Crippen molar-refractivity contribution in [3.8, 4) is 11.5 Å². The van der Waals surface area contributed by atoms with Crippen molar-refractivity contribution < 1.29 is 19.1 Å². The predicted octanol–water partition coefficient (Wildman–Crippen LogP) is 6.66. The number of ether oxygens (including phenoxy) is 2. The van der Waals surface area contributed by atoms with E-state index in [2.05, 4.69) is 11.4 Å². The largest absolute Gasteiger partial charge is 0.497 e. The maximum Gasteiger partial charge on any atom is 0.265 e. The van der Waals surface area contributed by atoms with Crippen molar-refractivity contribution in [3.63, 3.8) is 0 Å². The molecule has 0 unspecified atom stereocenters. The van der Waals surface area contributed by atoms with Gasteiger partial charge in [-0.05, 0) is 60.4 Å². The van der Waals surface area contributed by atoms with Gasteiger partial charge in [-0.15, -0.1) is 0 Å². The molecule has 1 N–H and O–H groups in total. The van der Waals surface area contributed by atoms with Gasteiger partial charge in [-0.2, -0.15) is 0 Å². The Bertz CT molecular complexity index is 1600. The molecule has 6 nitrogen and oxygen atoms in total. The summed E-state index contributed by atoms with van der Waals surface area (Å²) in [6, 6.07) is 29.2. The second-order valence-corrected chi connectivity index (χ2v) is 10.9. The molecule has 0 fully saturated rings. The summed E-state index contributed by atoms with van der Waals surface area (Å²) in [6.07, 6.45) is 2.53. The Labute approximate surface area is 245 Å². The molecule has 4 aromatic carbocycles. The average Bonchev–Trinajstić information content (AvgIpc) is 2.99. The Morgan fingerprint density at radius 1 is 0.927 bits per heavy atom. The summed E-state index contributed by atoms with van der Waals surface area (Å²) in [5.74, 6) is 1.15. The van der Waals surface area contributed by atoms with Crippen molar-refractivity contribution in [2.45, 2.75) is 24.8 Å². The van der Waals surface area contributed by atoms with Gasteiger partial charge < -0.3 is 19.7 Å². The first-order chi connectivity index (χ1) is 19.9. The van der Waals surface area contributed by atoms with Crippen LogP contribution in [-0.2, 0) is 17.8 Å². The lowest BCUT2D eigenvalue weighted by molar-refractivity contribution is -0.114. The van der Waals surface area contributed by atoms with Gasteiger partial charge >= 0.3 is 0 Å². The number of carbonyl (C=O) groups is 2. The Kier molecular flexibility index (Phi) is 8.75. The molecule has 0 saturated carbocycles. The van der Waals surface area contributed by atoms with Crippen LogP contribution in [0.5, 0.6) is 11.5 Å². The maximum absolute atomic E-state index is 13.8. The molecule has 1 aliphatic heterocycles. The van der Waals surface area contributed by atoms with Gasteiger partial charge in [0, 0.05) is 23.1 Å². The standard InChI is InChI=1S/C34H32N2O4S/c1-23-8-7-11-25(18-23)22-36-29-20-27(33(37)35-17-16-26-12-14-28(39-2)21-30(26)40-3)13-15-31(29)41-32(34(36)38)19-24-9-5-4-6-10-24/h4-15,18-21H,16-17,22H2,1-3H3,(H,35,37)/b32-19-. The number of anilines is 1. The molecule has 7 heteroatoms. The van der Waals surface area contributed by atoms with E-state index in [1.54, 1.807) is 19.1 Å². The maximum atomic E-state index is 13.8. The number of rotatable bonds is 9. The van der Waals surface area contributed by atoms with Crippen LogP contribution in [0.1, 0.15) is 32.6 Å². The smallest absolute Gasteiger partial charge is 0.265 e. The first-order valence-electron chi connectivity index (χ1n) is 13.4. The van der Waals surface area contributed by atoms with Gasteiger partial charge in [0.05, 0.1) is 31.4 Å². The zero-order chi connectivity index (χ0) is 28.8. The summed E-state index contributed by atoms with van der Waals surface area (Å²) in [5, 5.41) is 3.01. The van der Waals surface area contributed by atoms with Crippen molar-refractivity contribution in [2.75, 3.05) is 25.7 Å². The van der Waals surface area contributed by atoms with E-state index in [0.717, 1.165) is 32.8 Å². The van der Waals surface area contributed by atoms with Crippen molar-refractivity contribution >= 4 is 35.3 Å². The summed E-state index contributed by atoms with van der Waals surface area (Å²) in [4.78, 5) is 30.3. The number of hydrogen-bond acceptors (Lipinski definition) is 5. The monoisotopic (exact) mass is 564 g/mol. The van der Waals surface area contributed by atoms with E-state index in [4.69, 9.17) is 9.47 Å². The average molecular weight is 565 g/mol. The van der Waals surface area contributed by atoms with Crippen LogP contribution < -0.4 is 19.7 Å². The van der Waals surface area contributed by atoms with Crippen molar-refractivity contribution in [2.24, 2.45) is 0 Å². The molecule has 0 aliphatic carbocycles. The fourth-order valence-electron chi connectivity index (χ4n) is 4.77. The number of nitrogens with zero attached hydrogens (tertiary/aromatic N) is 1. The second kappa shape index (κ2) is 12.8. The molecule has 0 saturated heterocycles. The lowest BCUT2D eigenvalue weighted by Gasteiger charge is -2.31. The van der Waals surface area contributed by atoms with Crippen LogP contribution in [0.25, 0.3) is 6.08 Å². The Morgan fingerprint density at radius 2 is 1.76 bits per heavy atom. The van der Waals surface area contributed by atoms with E-state index in [1.165, 1.54) is 11.8 Å². The molecule has 5 rings (SSSR count). The van der Waals surface area contributed by atoms with E-state index >= 15 is 0 Å². The Balaban J connectivity index is 1.39.